The van der Waals surface area contributed by atoms with E-state index in [0.717, 1.165) is 29.6 Å². The lowest BCUT2D eigenvalue weighted by molar-refractivity contribution is -0.116. The lowest BCUT2D eigenvalue weighted by atomic mass is 9.83. The van der Waals surface area contributed by atoms with Gasteiger partial charge in [0.05, 0.1) is 0 Å². The van der Waals surface area contributed by atoms with Gasteiger partial charge in [-0.25, -0.2) is 0 Å². The SMILES string of the molecule is CCC1=C2CC3=C(C(=O)C4=CCC=C4C3=O)C2=C(C)C1. The highest BCUT2D eigenvalue weighted by Gasteiger charge is 2.44. The highest BCUT2D eigenvalue weighted by molar-refractivity contribution is 6.33. The Labute approximate surface area is 118 Å². The molecule has 2 nitrogen and oxygen atoms in total. The number of hydrogen-bond donors (Lipinski definition) is 0. The molecule has 0 radical (unpaired) electrons. The van der Waals surface area contributed by atoms with Gasteiger partial charge in [-0.1, -0.05) is 30.2 Å². The van der Waals surface area contributed by atoms with E-state index in [4.69, 9.17) is 0 Å². The van der Waals surface area contributed by atoms with Crippen LogP contribution in [0.5, 0.6) is 0 Å². The Bertz CT molecular complexity index is 748. The molecular weight excluding hydrogens is 248 g/mol. The van der Waals surface area contributed by atoms with Crippen LogP contribution >= 0.6 is 0 Å². The maximum atomic E-state index is 12.7. The average molecular weight is 264 g/mol. The first kappa shape index (κ1) is 11.8. The van der Waals surface area contributed by atoms with Gasteiger partial charge in [-0.3, -0.25) is 9.59 Å². The summed E-state index contributed by atoms with van der Waals surface area (Å²) in [5.74, 6) is 0.158. The number of fused-ring (bicyclic) bond motifs is 3. The van der Waals surface area contributed by atoms with Crippen molar-refractivity contribution in [1.82, 2.24) is 0 Å². The minimum absolute atomic E-state index is 0.0741. The van der Waals surface area contributed by atoms with Crippen LogP contribution in [0.2, 0.25) is 0 Å². The van der Waals surface area contributed by atoms with Gasteiger partial charge in [0.15, 0.2) is 11.6 Å². The van der Waals surface area contributed by atoms with E-state index in [2.05, 4.69) is 13.8 Å². The molecule has 0 unspecified atom stereocenters. The van der Waals surface area contributed by atoms with E-state index in [1.807, 2.05) is 12.2 Å². The molecule has 0 heterocycles. The molecule has 0 saturated carbocycles. The first-order chi connectivity index (χ1) is 9.63. The number of carbonyl (C=O) groups excluding carboxylic acids is 2. The zero-order valence-corrected chi connectivity index (χ0v) is 11.8. The van der Waals surface area contributed by atoms with Crippen LogP contribution in [-0.4, -0.2) is 11.6 Å². The maximum absolute atomic E-state index is 12.7. The summed E-state index contributed by atoms with van der Waals surface area (Å²) in [6.07, 6.45) is 7.14. The first-order valence-electron chi connectivity index (χ1n) is 7.28. The number of hydrogen-bond acceptors (Lipinski definition) is 2. The Morgan fingerprint density at radius 2 is 1.65 bits per heavy atom. The highest BCUT2D eigenvalue weighted by Crippen LogP contribution is 2.51. The quantitative estimate of drug-likeness (QED) is 0.726. The molecule has 0 fully saturated rings. The third-order valence-electron chi connectivity index (χ3n) is 4.89. The molecule has 2 heteroatoms. The van der Waals surface area contributed by atoms with E-state index in [0.29, 0.717) is 24.0 Å². The molecule has 0 atom stereocenters. The summed E-state index contributed by atoms with van der Waals surface area (Å²) in [5.41, 5.74) is 7.77. The molecule has 4 rings (SSSR count). The minimum Gasteiger partial charge on any atom is -0.289 e. The zero-order valence-electron chi connectivity index (χ0n) is 11.8. The monoisotopic (exact) mass is 264 g/mol. The predicted octanol–water partition coefficient (Wildman–Crippen LogP) is 3.52. The largest absolute Gasteiger partial charge is 0.289 e. The molecule has 4 aliphatic carbocycles. The van der Waals surface area contributed by atoms with Gasteiger partial charge in [0.25, 0.3) is 0 Å². The third-order valence-corrected chi connectivity index (χ3v) is 4.89. The molecular formula is C18H16O2. The van der Waals surface area contributed by atoms with Crippen LogP contribution in [0.3, 0.4) is 0 Å². The Morgan fingerprint density at radius 3 is 2.35 bits per heavy atom. The lowest BCUT2D eigenvalue weighted by Crippen LogP contribution is -2.21. The second-order valence-corrected chi connectivity index (χ2v) is 5.93. The first-order valence-corrected chi connectivity index (χ1v) is 7.28. The smallest absolute Gasteiger partial charge is 0.194 e. The maximum Gasteiger partial charge on any atom is 0.194 e. The van der Waals surface area contributed by atoms with Crippen LogP contribution in [0, 0.1) is 0 Å². The van der Waals surface area contributed by atoms with Gasteiger partial charge in [0, 0.05) is 28.7 Å². The minimum atomic E-state index is 0.0741. The fourth-order valence-electron chi connectivity index (χ4n) is 3.97. The summed E-state index contributed by atoms with van der Waals surface area (Å²) in [6, 6.07) is 0. The summed E-state index contributed by atoms with van der Waals surface area (Å²) >= 11 is 0. The number of ketones is 2. The second-order valence-electron chi connectivity index (χ2n) is 5.93. The van der Waals surface area contributed by atoms with Gasteiger partial charge >= 0.3 is 0 Å². The Hall–Kier alpha value is -1.96. The number of Topliss-reactive ketones (excluding diaryl/α,β-unsaturated/α-hetero) is 2. The fourth-order valence-corrected chi connectivity index (χ4v) is 3.97. The number of allylic oxidation sites excluding steroid dienone is 10. The van der Waals surface area contributed by atoms with E-state index in [1.165, 1.54) is 16.7 Å². The van der Waals surface area contributed by atoms with Crippen molar-refractivity contribution >= 4 is 11.6 Å². The summed E-state index contributed by atoms with van der Waals surface area (Å²) in [4.78, 5) is 25.3. The molecule has 0 aliphatic heterocycles. The summed E-state index contributed by atoms with van der Waals surface area (Å²) in [5, 5.41) is 0. The molecule has 0 bridgehead atoms. The van der Waals surface area contributed by atoms with Gasteiger partial charge in [0.2, 0.25) is 0 Å². The molecule has 20 heavy (non-hydrogen) atoms. The van der Waals surface area contributed by atoms with E-state index >= 15 is 0 Å². The number of rotatable bonds is 1. The summed E-state index contributed by atoms with van der Waals surface area (Å²) in [7, 11) is 0. The van der Waals surface area contributed by atoms with Crippen LogP contribution in [0.1, 0.15) is 39.5 Å². The molecule has 4 aliphatic rings. The highest BCUT2D eigenvalue weighted by atomic mass is 16.1. The Morgan fingerprint density at radius 1 is 0.950 bits per heavy atom. The van der Waals surface area contributed by atoms with Gasteiger partial charge < -0.3 is 0 Å². The normalized spacial score (nSPS) is 24.3. The molecule has 0 aromatic carbocycles. The Kier molecular flexibility index (Phi) is 2.24. The third kappa shape index (κ3) is 1.24. The van der Waals surface area contributed by atoms with Crippen LogP contribution in [0.4, 0.5) is 0 Å². The zero-order chi connectivity index (χ0) is 14.0. The topological polar surface area (TPSA) is 34.1 Å². The van der Waals surface area contributed by atoms with Crippen molar-refractivity contribution < 1.29 is 9.59 Å². The summed E-state index contributed by atoms with van der Waals surface area (Å²) in [6.45, 7) is 4.25. The van der Waals surface area contributed by atoms with Crippen LogP contribution in [-0.2, 0) is 9.59 Å². The van der Waals surface area contributed by atoms with Crippen LogP contribution in [0.15, 0.2) is 56.7 Å². The van der Waals surface area contributed by atoms with E-state index in [9.17, 15) is 9.59 Å². The van der Waals surface area contributed by atoms with Gasteiger partial charge in [-0.15, -0.1) is 0 Å². The van der Waals surface area contributed by atoms with Crippen LogP contribution < -0.4 is 0 Å². The molecule has 0 aromatic rings. The average Bonchev–Trinajstić information content (AvgIpc) is 3.10. The molecule has 0 spiro atoms. The molecule has 0 N–H and O–H groups in total. The van der Waals surface area contributed by atoms with Gasteiger partial charge in [-0.05, 0) is 37.3 Å². The summed E-state index contributed by atoms with van der Waals surface area (Å²) < 4.78 is 0. The number of carbonyl (C=O) groups is 2. The second kappa shape index (κ2) is 3.78. The van der Waals surface area contributed by atoms with E-state index in [1.54, 1.807) is 0 Å². The predicted molar refractivity (Wildman–Crippen MR) is 77.1 cm³/mol. The standard InChI is InChI=1S/C18H16O2/c1-3-10-7-9(2)15-13(10)8-14-16(15)18(20)12-6-4-5-11(12)17(14)19/h5-6H,3-4,7-8H2,1-2H3. The molecule has 0 saturated heterocycles. The van der Waals surface area contributed by atoms with Crippen molar-refractivity contribution in [2.45, 2.75) is 39.5 Å². The van der Waals surface area contributed by atoms with Crippen LogP contribution in [0.25, 0.3) is 0 Å². The fraction of sp³-hybridized carbons (Fsp3) is 0.333. The Balaban J connectivity index is 1.96. The van der Waals surface area contributed by atoms with E-state index < -0.39 is 0 Å². The van der Waals surface area contributed by atoms with Crippen molar-refractivity contribution in [1.29, 1.82) is 0 Å². The van der Waals surface area contributed by atoms with E-state index in [-0.39, 0.29) is 11.6 Å². The molecule has 100 valence electrons. The van der Waals surface area contributed by atoms with Gasteiger partial charge in [0.1, 0.15) is 0 Å². The molecule has 0 amide bonds. The molecule has 0 aromatic heterocycles. The van der Waals surface area contributed by atoms with Crippen molar-refractivity contribution in [2.24, 2.45) is 0 Å². The van der Waals surface area contributed by atoms with Crippen molar-refractivity contribution in [3.63, 3.8) is 0 Å². The van der Waals surface area contributed by atoms with Gasteiger partial charge in [-0.2, -0.15) is 0 Å². The van der Waals surface area contributed by atoms with Crippen molar-refractivity contribution in [3.05, 3.63) is 56.7 Å². The van der Waals surface area contributed by atoms with Crippen molar-refractivity contribution in [3.8, 4) is 0 Å². The lowest BCUT2D eigenvalue weighted by Gasteiger charge is -2.17. The van der Waals surface area contributed by atoms with Crippen molar-refractivity contribution in [2.75, 3.05) is 0 Å².